The van der Waals surface area contributed by atoms with Crippen molar-refractivity contribution in [3.05, 3.63) is 21.9 Å². The number of halogens is 2. The topological polar surface area (TPSA) is 31.4 Å². The van der Waals surface area contributed by atoms with Crippen molar-refractivity contribution in [1.82, 2.24) is 4.98 Å². The Morgan fingerprint density at radius 3 is 2.18 bits per heavy atom. The van der Waals surface area contributed by atoms with E-state index >= 15 is 0 Å². The van der Waals surface area contributed by atoms with E-state index in [2.05, 4.69) is 20.9 Å². The lowest BCUT2D eigenvalue weighted by atomic mass is 9.80. The van der Waals surface area contributed by atoms with Crippen molar-refractivity contribution >= 4 is 40.1 Å². The van der Waals surface area contributed by atoms with Crippen LogP contribution in [-0.2, 0) is 9.31 Å². The molecular formula is C11H14BBrClNO2. The summed E-state index contributed by atoms with van der Waals surface area (Å²) >= 11 is 9.37. The molecule has 0 amide bonds. The summed E-state index contributed by atoms with van der Waals surface area (Å²) in [6, 6.07) is 3.69. The van der Waals surface area contributed by atoms with Crippen molar-refractivity contribution < 1.29 is 9.31 Å². The van der Waals surface area contributed by atoms with Crippen LogP contribution in [0.3, 0.4) is 0 Å². The molecule has 0 radical (unpaired) electrons. The van der Waals surface area contributed by atoms with Gasteiger partial charge in [0.2, 0.25) is 0 Å². The van der Waals surface area contributed by atoms with Gasteiger partial charge in [-0.15, -0.1) is 0 Å². The zero-order valence-electron chi connectivity index (χ0n) is 10.3. The van der Waals surface area contributed by atoms with Gasteiger partial charge in [-0.05, 0) is 49.7 Å². The normalized spacial score (nSPS) is 21.9. The molecule has 0 unspecified atom stereocenters. The van der Waals surface area contributed by atoms with Crippen molar-refractivity contribution in [3.8, 4) is 0 Å². The molecule has 1 fully saturated rings. The number of pyridine rings is 1. The molecule has 0 saturated carbocycles. The number of nitrogens with zero attached hydrogens (tertiary/aromatic N) is 1. The highest BCUT2D eigenvalue weighted by Gasteiger charge is 2.52. The van der Waals surface area contributed by atoms with Crippen molar-refractivity contribution in [2.24, 2.45) is 0 Å². The lowest BCUT2D eigenvalue weighted by molar-refractivity contribution is 0.00578. The molecule has 0 atom stereocenters. The molecule has 0 N–H and O–H groups in total. The summed E-state index contributed by atoms with van der Waals surface area (Å²) in [5.74, 6) is 0. The van der Waals surface area contributed by atoms with E-state index in [1.165, 1.54) is 0 Å². The average Bonchev–Trinajstić information content (AvgIpc) is 2.35. The SMILES string of the molecule is CC1(C)OB(c2ccc(Br)nc2Cl)OC1(C)C. The zero-order chi connectivity index (χ0) is 12.8. The highest BCUT2D eigenvalue weighted by atomic mass is 79.9. The number of rotatable bonds is 1. The Kier molecular flexibility index (Phi) is 3.32. The average molecular weight is 318 g/mol. The first-order valence-corrected chi connectivity index (χ1v) is 6.58. The molecule has 1 aromatic rings. The van der Waals surface area contributed by atoms with Gasteiger partial charge >= 0.3 is 7.12 Å². The Hall–Kier alpha value is -0.0951. The molecule has 1 aromatic heterocycles. The van der Waals surface area contributed by atoms with Crippen LogP contribution in [0.25, 0.3) is 0 Å². The minimum absolute atomic E-state index is 0.367. The van der Waals surface area contributed by atoms with Gasteiger partial charge in [0, 0.05) is 5.46 Å². The van der Waals surface area contributed by atoms with Crippen LogP contribution in [0.4, 0.5) is 0 Å². The molecule has 1 aliphatic rings. The van der Waals surface area contributed by atoms with E-state index < -0.39 is 7.12 Å². The van der Waals surface area contributed by atoms with Crippen molar-refractivity contribution in [2.45, 2.75) is 38.9 Å². The third kappa shape index (κ3) is 2.39. The fraction of sp³-hybridized carbons (Fsp3) is 0.545. The first-order chi connectivity index (χ1) is 7.73. The maximum atomic E-state index is 6.09. The predicted octanol–water partition coefficient (Wildman–Crippen LogP) is 2.80. The molecule has 1 aliphatic heterocycles. The van der Waals surface area contributed by atoms with Crippen LogP contribution >= 0.6 is 27.5 Å². The summed E-state index contributed by atoms with van der Waals surface area (Å²) in [5.41, 5.74) is 0.0239. The van der Waals surface area contributed by atoms with Gasteiger partial charge in [-0.1, -0.05) is 17.7 Å². The number of hydrogen-bond donors (Lipinski definition) is 0. The van der Waals surface area contributed by atoms with Crippen LogP contribution in [0.1, 0.15) is 27.7 Å². The van der Waals surface area contributed by atoms with Crippen molar-refractivity contribution in [3.63, 3.8) is 0 Å². The van der Waals surface area contributed by atoms with E-state index in [4.69, 9.17) is 20.9 Å². The summed E-state index contributed by atoms with van der Waals surface area (Å²) in [5, 5.41) is 0.401. The smallest absolute Gasteiger partial charge is 0.399 e. The van der Waals surface area contributed by atoms with Crippen LogP contribution in [0.15, 0.2) is 16.7 Å². The van der Waals surface area contributed by atoms with Crippen molar-refractivity contribution in [2.75, 3.05) is 0 Å². The fourth-order valence-corrected chi connectivity index (χ4v) is 2.22. The molecule has 17 heavy (non-hydrogen) atoms. The summed E-state index contributed by atoms with van der Waals surface area (Å²) in [4.78, 5) is 4.14. The van der Waals surface area contributed by atoms with Gasteiger partial charge in [0.25, 0.3) is 0 Å². The first kappa shape index (κ1) is 13.3. The Morgan fingerprint density at radius 2 is 1.71 bits per heavy atom. The van der Waals surface area contributed by atoms with Crippen LogP contribution < -0.4 is 5.46 Å². The number of aromatic nitrogens is 1. The summed E-state index contributed by atoms with van der Waals surface area (Å²) < 4.78 is 12.5. The molecule has 2 heterocycles. The highest BCUT2D eigenvalue weighted by Crippen LogP contribution is 2.36. The second-order valence-corrected chi connectivity index (χ2v) is 6.27. The first-order valence-electron chi connectivity index (χ1n) is 5.40. The largest absolute Gasteiger partial charge is 0.498 e. The Bertz CT molecular complexity index is 437. The quantitative estimate of drug-likeness (QED) is 0.589. The molecule has 0 aliphatic carbocycles. The Morgan fingerprint density at radius 1 is 1.18 bits per heavy atom. The molecule has 3 nitrogen and oxygen atoms in total. The maximum Gasteiger partial charge on any atom is 0.498 e. The van der Waals surface area contributed by atoms with Gasteiger partial charge in [-0.2, -0.15) is 0 Å². The van der Waals surface area contributed by atoms with E-state index in [1.807, 2.05) is 39.8 Å². The molecule has 0 aromatic carbocycles. The maximum absolute atomic E-state index is 6.09. The standard InChI is InChI=1S/C11H14BBrClNO2/c1-10(2)11(3,4)17-12(16-10)7-5-6-8(13)15-9(7)14/h5-6H,1-4H3. The van der Waals surface area contributed by atoms with Gasteiger partial charge in [-0.25, -0.2) is 4.98 Å². The monoisotopic (exact) mass is 317 g/mol. The van der Waals surface area contributed by atoms with Gasteiger partial charge in [0.05, 0.1) is 11.2 Å². The van der Waals surface area contributed by atoms with E-state index in [0.29, 0.717) is 9.76 Å². The predicted molar refractivity (Wildman–Crippen MR) is 72.7 cm³/mol. The second-order valence-electron chi connectivity index (χ2n) is 5.10. The second kappa shape index (κ2) is 4.23. The van der Waals surface area contributed by atoms with E-state index in [-0.39, 0.29) is 11.2 Å². The van der Waals surface area contributed by atoms with Crippen LogP contribution in [0.2, 0.25) is 5.15 Å². The van der Waals surface area contributed by atoms with Crippen LogP contribution in [-0.4, -0.2) is 23.3 Å². The minimum atomic E-state index is -0.465. The van der Waals surface area contributed by atoms with Crippen LogP contribution in [0, 0.1) is 0 Å². The molecule has 92 valence electrons. The summed E-state index contributed by atoms with van der Waals surface area (Å²) in [6.07, 6.45) is 0. The van der Waals surface area contributed by atoms with Gasteiger partial charge < -0.3 is 9.31 Å². The summed E-state index contributed by atoms with van der Waals surface area (Å²) in [6.45, 7) is 8.03. The lowest BCUT2D eigenvalue weighted by Gasteiger charge is -2.32. The van der Waals surface area contributed by atoms with E-state index in [1.54, 1.807) is 0 Å². The Balaban J connectivity index is 2.32. The third-order valence-electron chi connectivity index (χ3n) is 3.35. The van der Waals surface area contributed by atoms with Gasteiger partial charge in [0.1, 0.15) is 9.76 Å². The van der Waals surface area contributed by atoms with Gasteiger partial charge in [-0.3, -0.25) is 0 Å². The van der Waals surface area contributed by atoms with Crippen LogP contribution in [0.5, 0.6) is 0 Å². The Labute approximate surface area is 115 Å². The third-order valence-corrected chi connectivity index (χ3v) is 4.10. The molecular weight excluding hydrogens is 304 g/mol. The highest BCUT2D eigenvalue weighted by molar-refractivity contribution is 9.10. The molecule has 0 spiro atoms. The zero-order valence-corrected chi connectivity index (χ0v) is 12.6. The van der Waals surface area contributed by atoms with Crippen molar-refractivity contribution in [1.29, 1.82) is 0 Å². The molecule has 6 heteroatoms. The molecule has 1 saturated heterocycles. The van der Waals surface area contributed by atoms with Gasteiger partial charge in [0.15, 0.2) is 0 Å². The fourth-order valence-electron chi connectivity index (χ4n) is 1.57. The summed E-state index contributed by atoms with van der Waals surface area (Å²) in [7, 11) is -0.465. The molecule has 0 bridgehead atoms. The van der Waals surface area contributed by atoms with E-state index in [0.717, 1.165) is 5.46 Å². The lowest BCUT2D eigenvalue weighted by Crippen LogP contribution is -2.41. The minimum Gasteiger partial charge on any atom is -0.399 e. The van der Waals surface area contributed by atoms with E-state index in [9.17, 15) is 0 Å². The number of hydrogen-bond acceptors (Lipinski definition) is 3. The molecule has 2 rings (SSSR count).